The predicted molar refractivity (Wildman–Crippen MR) is 66.9 cm³/mol. The van der Waals surface area contributed by atoms with Crippen molar-refractivity contribution >= 4 is 11.8 Å². The fraction of sp³-hybridized carbons (Fsp3) is 0.308. The number of aliphatic hydroxyl groups is 1. The largest absolute Gasteiger partial charge is 1.00 e. The Labute approximate surface area is 139 Å². The van der Waals surface area contributed by atoms with Crippen LogP contribution in [0, 0.1) is 18.4 Å². The molecule has 6 nitrogen and oxygen atoms in total. The van der Waals surface area contributed by atoms with E-state index in [4.69, 9.17) is 10.4 Å². The van der Waals surface area contributed by atoms with Crippen molar-refractivity contribution in [3.63, 3.8) is 0 Å². The van der Waals surface area contributed by atoms with E-state index in [0.29, 0.717) is 0 Å². The Morgan fingerprint density at radius 3 is 2.80 bits per heavy atom. The first-order chi connectivity index (χ1) is 9.06. The Morgan fingerprint density at radius 2 is 2.30 bits per heavy atom. The van der Waals surface area contributed by atoms with Crippen LogP contribution in [-0.2, 0) is 11.2 Å². The number of aliphatic carboxylic acids is 1. The zero-order chi connectivity index (χ0) is 14.3. The molecule has 0 aliphatic carbocycles. The number of carbonyl (C=O) groups is 1. The van der Waals surface area contributed by atoms with E-state index in [0.717, 1.165) is 11.1 Å². The summed E-state index contributed by atoms with van der Waals surface area (Å²) in [6.45, 7) is 1.25. The number of carboxylic acid groups (broad SMARTS) is 1. The molecule has 0 aromatic heterocycles. The van der Waals surface area contributed by atoms with Crippen LogP contribution in [0.25, 0.3) is 0 Å². The van der Waals surface area contributed by atoms with E-state index in [9.17, 15) is 9.90 Å². The molecule has 0 radical (unpaired) electrons. The van der Waals surface area contributed by atoms with E-state index >= 15 is 0 Å². The van der Waals surface area contributed by atoms with Crippen molar-refractivity contribution in [2.45, 2.75) is 19.4 Å². The molecule has 0 spiro atoms. The summed E-state index contributed by atoms with van der Waals surface area (Å²) in [5, 5.41) is 30.5. The zero-order valence-electron chi connectivity index (χ0n) is 11.5. The van der Waals surface area contributed by atoms with Crippen LogP contribution in [0.4, 0.5) is 0 Å². The molecule has 0 aliphatic rings. The fourth-order valence-electron chi connectivity index (χ4n) is 1.56. The van der Waals surface area contributed by atoms with Crippen molar-refractivity contribution < 1.29 is 44.6 Å². The Bertz CT molecular complexity index is 526. The molecule has 0 saturated heterocycles. The number of nitrogens with zero attached hydrogens (tertiary/aromatic N) is 2. The van der Waals surface area contributed by atoms with Gasteiger partial charge in [-0.25, -0.2) is 0 Å². The van der Waals surface area contributed by atoms with Crippen LogP contribution in [0.1, 0.15) is 11.1 Å². The average Bonchev–Trinajstić information content (AvgIpc) is 2.35. The van der Waals surface area contributed by atoms with E-state index < -0.39 is 18.6 Å². The van der Waals surface area contributed by atoms with Gasteiger partial charge in [0.2, 0.25) is 0 Å². The van der Waals surface area contributed by atoms with Crippen molar-refractivity contribution in [3.05, 3.63) is 35.4 Å². The second-order valence-electron chi connectivity index (χ2n) is 4.00. The summed E-state index contributed by atoms with van der Waals surface area (Å²) in [5.74, 6) is -1.31. The minimum atomic E-state index is -1.48. The SMILES string of the molecule is Cc1cccc(CC(=N[C@@H](CO)C(=O)[O-])NC#N)c1.[Na+]. The van der Waals surface area contributed by atoms with Crippen LogP contribution in [0.5, 0.6) is 0 Å². The van der Waals surface area contributed by atoms with E-state index in [-0.39, 0.29) is 41.8 Å². The van der Waals surface area contributed by atoms with Crippen molar-refractivity contribution in [1.29, 1.82) is 5.26 Å². The minimum absolute atomic E-state index is 0. The molecule has 100 valence electrons. The van der Waals surface area contributed by atoms with Crippen LogP contribution in [0.15, 0.2) is 29.3 Å². The number of aliphatic hydroxyl groups excluding tert-OH is 1. The number of aryl methyl sites for hydroxylation is 1. The molecule has 0 amide bonds. The molecule has 1 rings (SSSR count). The van der Waals surface area contributed by atoms with Gasteiger partial charge in [0.05, 0.1) is 12.6 Å². The number of nitriles is 1. The number of carboxylic acids is 1. The van der Waals surface area contributed by atoms with E-state index in [1.807, 2.05) is 31.2 Å². The van der Waals surface area contributed by atoms with E-state index in [1.54, 1.807) is 6.19 Å². The maximum Gasteiger partial charge on any atom is 1.00 e. The van der Waals surface area contributed by atoms with Crippen LogP contribution in [0.2, 0.25) is 0 Å². The second kappa shape index (κ2) is 9.50. The maximum absolute atomic E-state index is 10.7. The van der Waals surface area contributed by atoms with Crippen molar-refractivity contribution in [1.82, 2.24) is 5.32 Å². The summed E-state index contributed by atoms with van der Waals surface area (Å²) in [6, 6.07) is 6.16. The van der Waals surface area contributed by atoms with Crippen molar-refractivity contribution in [2.75, 3.05) is 6.61 Å². The Morgan fingerprint density at radius 1 is 1.60 bits per heavy atom. The summed E-state index contributed by atoms with van der Waals surface area (Å²) in [7, 11) is 0. The number of benzene rings is 1. The van der Waals surface area contributed by atoms with Crippen molar-refractivity contribution in [3.8, 4) is 6.19 Å². The number of nitrogens with one attached hydrogen (secondary N) is 1. The predicted octanol–water partition coefficient (Wildman–Crippen LogP) is -3.88. The average molecular weight is 283 g/mol. The van der Waals surface area contributed by atoms with Gasteiger partial charge in [0.25, 0.3) is 0 Å². The molecule has 20 heavy (non-hydrogen) atoms. The third kappa shape index (κ3) is 6.17. The van der Waals surface area contributed by atoms with Crippen LogP contribution < -0.4 is 40.0 Å². The monoisotopic (exact) mass is 283 g/mol. The van der Waals surface area contributed by atoms with Crippen molar-refractivity contribution in [2.24, 2.45) is 4.99 Å². The first-order valence-corrected chi connectivity index (χ1v) is 5.66. The topological polar surface area (TPSA) is 109 Å². The molecule has 2 N–H and O–H groups in total. The molecule has 0 bridgehead atoms. The molecule has 0 aliphatic heterocycles. The number of carbonyl (C=O) groups excluding carboxylic acids is 1. The summed E-state index contributed by atoms with van der Waals surface area (Å²) in [6.07, 6.45) is 1.97. The molecule has 1 aromatic carbocycles. The van der Waals surface area contributed by atoms with Crippen LogP contribution in [0.3, 0.4) is 0 Å². The molecular formula is C13H14N3NaO3. The van der Waals surface area contributed by atoms with Gasteiger partial charge < -0.3 is 15.0 Å². The van der Waals surface area contributed by atoms with Gasteiger partial charge in [-0.1, -0.05) is 29.8 Å². The van der Waals surface area contributed by atoms with Gasteiger partial charge in [-0.15, -0.1) is 0 Å². The van der Waals surface area contributed by atoms with Gasteiger partial charge in [0.15, 0.2) is 6.19 Å². The second-order valence-corrected chi connectivity index (χ2v) is 4.00. The Balaban J connectivity index is 0.00000361. The molecule has 0 saturated carbocycles. The van der Waals surface area contributed by atoms with Gasteiger partial charge in [-0.3, -0.25) is 10.3 Å². The number of hydrogen-bond acceptors (Lipinski definition) is 5. The molecular weight excluding hydrogens is 269 g/mol. The molecule has 0 heterocycles. The summed E-state index contributed by atoms with van der Waals surface area (Å²) < 4.78 is 0. The first-order valence-electron chi connectivity index (χ1n) is 5.66. The third-order valence-electron chi connectivity index (χ3n) is 2.41. The smallest absolute Gasteiger partial charge is 0.548 e. The summed E-state index contributed by atoms with van der Waals surface area (Å²) in [5.41, 5.74) is 1.93. The molecule has 1 aromatic rings. The molecule has 0 unspecified atom stereocenters. The number of aliphatic imine (C=N–C) groups is 1. The third-order valence-corrected chi connectivity index (χ3v) is 2.41. The van der Waals surface area contributed by atoms with Gasteiger partial charge >= 0.3 is 29.6 Å². The van der Waals surface area contributed by atoms with Crippen LogP contribution in [-0.4, -0.2) is 29.6 Å². The number of amidine groups is 1. The minimum Gasteiger partial charge on any atom is -0.548 e. The van der Waals surface area contributed by atoms with Gasteiger partial charge in [0.1, 0.15) is 11.9 Å². The molecule has 0 fully saturated rings. The maximum atomic E-state index is 10.7. The fourth-order valence-corrected chi connectivity index (χ4v) is 1.56. The Hall–Kier alpha value is -1.39. The van der Waals surface area contributed by atoms with Gasteiger partial charge in [-0.05, 0) is 12.5 Å². The summed E-state index contributed by atoms with van der Waals surface area (Å²) in [4.78, 5) is 14.5. The molecule has 1 atom stereocenters. The standard InChI is InChI=1S/C13H15N3O3.Na/c1-9-3-2-4-10(5-9)6-12(15-8-14)16-11(7-17)13(18)19;/h2-5,11,17H,6-7H2,1H3,(H,15,16)(H,18,19);/q;+1/p-1/t11-;/m0./s1. The summed E-state index contributed by atoms with van der Waals surface area (Å²) >= 11 is 0. The first kappa shape index (κ1) is 18.6. The zero-order valence-corrected chi connectivity index (χ0v) is 13.5. The quantitative estimate of drug-likeness (QED) is 0.189. The normalized spacial score (nSPS) is 11.9. The number of rotatable bonds is 5. The van der Waals surface area contributed by atoms with Gasteiger partial charge in [0, 0.05) is 6.42 Å². The number of hydrogen-bond donors (Lipinski definition) is 2. The Kier molecular flexibility index (Phi) is 8.84. The molecule has 7 heteroatoms. The van der Waals surface area contributed by atoms with Crippen LogP contribution >= 0.6 is 0 Å². The van der Waals surface area contributed by atoms with Gasteiger partial charge in [-0.2, -0.15) is 5.26 Å². The van der Waals surface area contributed by atoms with E-state index in [2.05, 4.69) is 10.3 Å². The van der Waals surface area contributed by atoms with E-state index in [1.165, 1.54) is 0 Å².